The van der Waals surface area contributed by atoms with E-state index in [1.54, 1.807) is 24.5 Å². The number of pyridine rings is 1. The number of aliphatic hydroxyl groups excluding tert-OH is 1. The van der Waals surface area contributed by atoms with Crippen LogP contribution in [0.2, 0.25) is 0 Å². The Morgan fingerprint density at radius 1 is 1.50 bits per heavy atom. The molecule has 22 heavy (non-hydrogen) atoms. The summed E-state index contributed by atoms with van der Waals surface area (Å²) >= 11 is 0. The van der Waals surface area contributed by atoms with Crippen molar-refractivity contribution in [1.82, 2.24) is 4.98 Å². The van der Waals surface area contributed by atoms with E-state index in [2.05, 4.69) is 24.1 Å². The quantitative estimate of drug-likeness (QED) is 0.892. The lowest BCUT2D eigenvalue weighted by Gasteiger charge is -2.31. The molecule has 1 aliphatic rings. The summed E-state index contributed by atoms with van der Waals surface area (Å²) in [5.41, 5.74) is 2.07. The summed E-state index contributed by atoms with van der Waals surface area (Å²) in [6.45, 7) is 6.00. The summed E-state index contributed by atoms with van der Waals surface area (Å²) in [4.78, 5) is 16.4. The van der Waals surface area contributed by atoms with Gasteiger partial charge < -0.3 is 14.8 Å². The van der Waals surface area contributed by atoms with Crippen LogP contribution < -0.4 is 5.32 Å². The van der Waals surface area contributed by atoms with Gasteiger partial charge in [-0.3, -0.25) is 9.78 Å². The third-order valence-electron chi connectivity index (χ3n) is 4.11. The number of carbonyl (C=O) groups excluding carboxylic acids is 1. The molecule has 3 rings (SSSR count). The number of aliphatic hydroxyl groups is 1. The Balaban J connectivity index is 1.91. The van der Waals surface area contributed by atoms with Gasteiger partial charge in [0.2, 0.25) is 0 Å². The zero-order chi connectivity index (χ0) is 15.9. The third kappa shape index (κ3) is 2.64. The molecular weight excluding hydrogens is 280 g/mol. The molecule has 2 N–H and O–H groups in total. The van der Waals surface area contributed by atoms with Gasteiger partial charge in [-0.1, -0.05) is 13.8 Å². The number of hydrogen-bond acceptors (Lipinski definition) is 4. The van der Waals surface area contributed by atoms with Gasteiger partial charge in [-0.25, -0.2) is 0 Å². The maximum atomic E-state index is 12.4. The third-order valence-corrected chi connectivity index (χ3v) is 4.11. The molecule has 0 saturated heterocycles. The predicted molar refractivity (Wildman–Crippen MR) is 82.7 cm³/mol. The summed E-state index contributed by atoms with van der Waals surface area (Å²) < 4.78 is 5.78. The minimum atomic E-state index is -0.581. The molecule has 0 aromatic carbocycles. The lowest BCUT2D eigenvalue weighted by molar-refractivity contribution is 0.0910. The number of hydrogen-bond donors (Lipinski definition) is 2. The van der Waals surface area contributed by atoms with Gasteiger partial charge >= 0.3 is 0 Å². The van der Waals surface area contributed by atoms with Gasteiger partial charge in [-0.05, 0) is 30.9 Å². The Hall–Kier alpha value is -2.14. The molecule has 0 saturated carbocycles. The van der Waals surface area contributed by atoms with E-state index in [1.165, 1.54) is 0 Å². The second-order valence-electron chi connectivity index (χ2n) is 6.65. The Morgan fingerprint density at radius 2 is 2.27 bits per heavy atom. The summed E-state index contributed by atoms with van der Waals surface area (Å²) in [7, 11) is 0. The molecule has 2 aromatic heterocycles. The minimum Gasteiger partial charge on any atom is -0.455 e. The average Bonchev–Trinajstić information content (AvgIpc) is 2.75. The van der Waals surface area contributed by atoms with Crippen LogP contribution in [0.25, 0.3) is 0 Å². The maximum absolute atomic E-state index is 12.4. The fourth-order valence-corrected chi connectivity index (χ4v) is 3.13. The molecule has 2 aromatic rings. The van der Waals surface area contributed by atoms with Gasteiger partial charge in [0.1, 0.15) is 5.76 Å². The Kier molecular flexibility index (Phi) is 3.53. The number of anilines is 1. The standard InChI is InChI=1S/C17H20N2O3/c1-10-14-12(20)7-17(2,3)8-13(14)22-15(10)16(21)19-11-5-4-6-18-9-11/h4-6,9,12,20H,7-8H2,1-3H3,(H,19,21). The van der Waals surface area contributed by atoms with E-state index in [0.717, 1.165) is 23.3 Å². The van der Waals surface area contributed by atoms with Crippen molar-refractivity contribution in [1.29, 1.82) is 0 Å². The predicted octanol–water partition coefficient (Wildman–Crippen LogP) is 3.24. The van der Waals surface area contributed by atoms with Gasteiger partial charge in [-0.15, -0.1) is 0 Å². The summed E-state index contributed by atoms with van der Waals surface area (Å²) in [5.74, 6) is 0.674. The van der Waals surface area contributed by atoms with E-state index in [4.69, 9.17) is 4.42 Å². The molecule has 2 heterocycles. The number of amides is 1. The van der Waals surface area contributed by atoms with Crippen molar-refractivity contribution in [2.45, 2.75) is 39.7 Å². The zero-order valence-electron chi connectivity index (χ0n) is 13.0. The highest BCUT2D eigenvalue weighted by atomic mass is 16.4. The SMILES string of the molecule is Cc1c(C(=O)Nc2cccnc2)oc2c1C(O)CC(C)(C)C2. The number of carbonyl (C=O) groups is 1. The molecule has 1 amide bonds. The number of nitrogens with zero attached hydrogens (tertiary/aromatic N) is 1. The first-order chi connectivity index (χ1) is 10.4. The van der Waals surface area contributed by atoms with Crippen molar-refractivity contribution >= 4 is 11.6 Å². The molecule has 1 atom stereocenters. The van der Waals surface area contributed by atoms with E-state index in [1.807, 2.05) is 6.92 Å². The first kappa shape index (κ1) is 14.8. The van der Waals surface area contributed by atoms with Gasteiger partial charge in [-0.2, -0.15) is 0 Å². The number of rotatable bonds is 2. The van der Waals surface area contributed by atoms with E-state index in [0.29, 0.717) is 12.1 Å². The average molecular weight is 300 g/mol. The van der Waals surface area contributed by atoms with Crippen LogP contribution in [0.3, 0.4) is 0 Å². The normalized spacial score (nSPS) is 19.5. The van der Waals surface area contributed by atoms with Gasteiger partial charge in [0.25, 0.3) is 5.91 Å². The molecule has 1 unspecified atom stereocenters. The number of aromatic nitrogens is 1. The highest BCUT2D eigenvalue weighted by molar-refractivity contribution is 6.03. The summed E-state index contributed by atoms with van der Waals surface area (Å²) in [6, 6.07) is 3.52. The fraction of sp³-hybridized carbons (Fsp3) is 0.412. The lowest BCUT2D eigenvalue weighted by atomic mass is 9.75. The molecule has 5 heteroatoms. The van der Waals surface area contributed by atoms with Crippen LogP contribution in [0.5, 0.6) is 0 Å². The van der Waals surface area contributed by atoms with Crippen LogP contribution in [0, 0.1) is 12.3 Å². The van der Waals surface area contributed by atoms with Crippen molar-refractivity contribution in [3.63, 3.8) is 0 Å². The van der Waals surface area contributed by atoms with Crippen molar-refractivity contribution < 1.29 is 14.3 Å². The zero-order valence-corrected chi connectivity index (χ0v) is 13.0. The smallest absolute Gasteiger partial charge is 0.291 e. The highest BCUT2D eigenvalue weighted by Gasteiger charge is 2.37. The molecule has 0 fully saturated rings. The van der Waals surface area contributed by atoms with Crippen LogP contribution in [-0.2, 0) is 6.42 Å². The monoisotopic (exact) mass is 300 g/mol. The number of nitrogens with one attached hydrogen (secondary N) is 1. The molecule has 116 valence electrons. The molecule has 0 radical (unpaired) electrons. The number of fused-ring (bicyclic) bond motifs is 1. The van der Waals surface area contributed by atoms with Crippen molar-refractivity contribution in [2.75, 3.05) is 5.32 Å². The fourth-order valence-electron chi connectivity index (χ4n) is 3.13. The molecule has 1 aliphatic carbocycles. The Morgan fingerprint density at radius 3 is 2.95 bits per heavy atom. The van der Waals surface area contributed by atoms with Crippen LogP contribution in [0.4, 0.5) is 5.69 Å². The largest absolute Gasteiger partial charge is 0.455 e. The highest BCUT2D eigenvalue weighted by Crippen LogP contribution is 2.43. The minimum absolute atomic E-state index is 0.0339. The molecule has 0 bridgehead atoms. The van der Waals surface area contributed by atoms with E-state index in [9.17, 15) is 9.90 Å². The molecular formula is C17H20N2O3. The van der Waals surface area contributed by atoms with Crippen molar-refractivity contribution in [2.24, 2.45) is 5.41 Å². The topological polar surface area (TPSA) is 75.4 Å². The van der Waals surface area contributed by atoms with Crippen LogP contribution in [0.15, 0.2) is 28.9 Å². The van der Waals surface area contributed by atoms with Crippen molar-refractivity contribution in [3.05, 3.63) is 47.2 Å². The Bertz CT molecular complexity index is 704. The molecule has 5 nitrogen and oxygen atoms in total. The molecule has 0 aliphatic heterocycles. The lowest BCUT2D eigenvalue weighted by Crippen LogP contribution is -2.24. The van der Waals surface area contributed by atoms with E-state index < -0.39 is 6.10 Å². The van der Waals surface area contributed by atoms with Crippen LogP contribution >= 0.6 is 0 Å². The second-order valence-corrected chi connectivity index (χ2v) is 6.65. The maximum Gasteiger partial charge on any atom is 0.291 e. The van der Waals surface area contributed by atoms with Gasteiger partial charge in [0.15, 0.2) is 5.76 Å². The van der Waals surface area contributed by atoms with Gasteiger partial charge in [0.05, 0.1) is 18.0 Å². The summed E-state index contributed by atoms with van der Waals surface area (Å²) in [5, 5.41) is 13.1. The number of furan rings is 1. The summed E-state index contributed by atoms with van der Waals surface area (Å²) in [6.07, 6.45) is 4.03. The second kappa shape index (κ2) is 5.25. The van der Waals surface area contributed by atoms with Crippen LogP contribution in [0.1, 0.15) is 53.8 Å². The van der Waals surface area contributed by atoms with E-state index in [-0.39, 0.29) is 17.1 Å². The van der Waals surface area contributed by atoms with Crippen molar-refractivity contribution in [3.8, 4) is 0 Å². The first-order valence-corrected chi connectivity index (χ1v) is 7.39. The first-order valence-electron chi connectivity index (χ1n) is 7.39. The van der Waals surface area contributed by atoms with E-state index >= 15 is 0 Å². The molecule has 0 spiro atoms. The van der Waals surface area contributed by atoms with Crippen LogP contribution in [-0.4, -0.2) is 16.0 Å². The van der Waals surface area contributed by atoms with Gasteiger partial charge in [0, 0.05) is 23.7 Å². The Labute approximate surface area is 129 Å².